The Bertz CT molecular complexity index is 969. The van der Waals surface area contributed by atoms with Gasteiger partial charge in [-0.15, -0.1) is 0 Å². The fourth-order valence-corrected chi connectivity index (χ4v) is 3.51. The lowest BCUT2D eigenvalue weighted by Gasteiger charge is -2.34. The highest BCUT2D eigenvalue weighted by Gasteiger charge is 2.44. The fraction of sp³-hybridized carbons (Fsp3) is 0.542. The van der Waals surface area contributed by atoms with Crippen LogP contribution in [0.3, 0.4) is 0 Å². The van der Waals surface area contributed by atoms with Crippen LogP contribution in [0.2, 0.25) is 0 Å². The number of rotatable bonds is 10. The number of nitrogens with one attached hydrogen (secondary N) is 2. The van der Waals surface area contributed by atoms with Crippen molar-refractivity contribution in [1.29, 1.82) is 0 Å². The normalized spacial score (nSPS) is 14.8. The summed E-state index contributed by atoms with van der Waals surface area (Å²) < 4.78 is 9.83. The molecule has 1 aromatic carbocycles. The maximum Gasteiger partial charge on any atom is 0.408 e. The third-order valence-electron chi connectivity index (χ3n) is 5.11. The highest BCUT2D eigenvalue weighted by Crippen LogP contribution is 2.36. The molecule has 2 atom stereocenters. The van der Waals surface area contributed by atoms with Crippen LogP contribution in [-0.4, -0.2) is 66.0 Å². The number of nitrogens with zero attached hydrogens (tertiary/aromatic N) is 1. The van der Waals surface area contributed by atoms with Crippen LogP contribution in [0.5, 0.6) is 0 Å². The van der Waals surface area contributed by atoms with Crippen LogP contribution >= 0.6 is 0 Å². The molecule has 1 fully saturated rings. The summed E-state index contributed by atoms with van der Waals surface area (Å²) >= 11 is 0. The summed E-state index contributed by atoms with van der Waals surface area (Å²) in [5, 5.41) is 4.93. The van der Waals surface area contributed by atoms with Gasteiger partial charge in [0.15, 0.2) is 0 Å². The lowest BCUT2D eigenvalue weighted by molar-refractivity contribution is -0.145. The van der Waals surface area contributed by atoms with Crippen LogP contribution in [0.25, 0.3) is 0 Å². The molecule has 2 rings (SSSR count). The molecule has 35 heavy (non-hydrogen) atoms. The molecular weight excluding hydrogens is 456 g/mol. The molecule has 11 heteroatoms. The van der Waals surface area contributed by atoms with Gasteiger partial charge in [0.25, 0.3) is 0 Å². The molecular formula is C24H34N4O7. The van der Waals surface area contributed by atoms with Crippen LogP contribution in [-0.2, 0) is 28.7 Å². The number of hydrogen-bond donors (Lipinski definition) is 3. The van der Waals surface area contributed by atoms with E-state index in [1.165, 1.54) is 12.0 Å². The second-order valence-corrected chi connectivity index (χ2v) is 9.46. The number of ether oxygens (including phenoxy) is 2. The Morgan fingerprint density at radius 3 is 2.34 bits per heavy atom. The van der Waals surface area contributed by atoms with Crippen LogP contribution < -0.4 is 16.4 Å². The van der Waals surface area contributed by atoms with E-state index in [9.17, 15) is 24.0 Å². The summed E-state index contributed by atoms with van der Waals surface area (Å²) in [6, 6.07) is 4.29. The Labute approximate surface area is 204 Å². The van der Waals surface area contributed by atoms with E-state index in [2.05, 4.69) is 15.4 Å². The number of hydrogen-bond acceptors (Lipinski definition) is 7. The first kappa shape index (κ1) is 27.6. The van der Waals surface area contributed by atoms with Crippen LogP contribution in [0.1, 0.15) is 57.2 Å². The first-order valence-corrected chi connectivity index (χ1v) is 11.3. The molecule has 1 saturated carbocycles. The van der Waals surface area contributed by atoms with Gasteiger partial charge in [0, 0.05) is 6.04 Å². The molecule has 0 saturated heterocycles. The Kier molecular flexibility index (Phi) is 9.21. The average Bonchev–Trinajstić information content (AvgIpc) is 3.57. The minimum Gasteiger partial charge on any atom is -0.468 e. The summed E-state index contributed by atoms with van der Waals surface area (Å²) in [5.41, 5.74) is 5.90. The summed E-state index contributed by atoms with van der Waals surface area (Å²) in [5.74, 6) is -2.71. The van der Waals surface area contributed by atoms with Crippen molar-refractivity contribution in [3.8, 4) is 0 Å². The first-order chi connectivity index (χ1) is 16.3. The number of methoxy groups -OCH3 is 1. The topological polar surface area (TPSA) is 157 Å². The molecule has 0 spiro atoms. The smallest absolute Gasteiger partial charge is 0.408 e. The quantitative estimate of drug-likeness (QED) is 0.414. The lowest BCUT2D eigenvalue weighted by Crippen LogP contribution is -2.55. The zero-order valence-electron chi connectivity index (χ0n) is 20.8. The molecule has 2 unspecified atom stereocenters. The molecule has 1 aromatic rings. The van der Waals surface area contributed by atoms with E-state index in [0.29, 0.717) is 18.4 Å². The maximum absolute atomic E-state index is 13.7. The lowest BCUT2D eigenvalue weighted by atomic mass is 10.00. The fourth-order valence-electron chi connectivity index (χ4n) is 3.51. The van der Waals surface area contributed by atoms with Crippen molar-refractivity contribution >= 4 is 29.8 Å². The van der Waals surface area contributed by atoms with Crippen molar-refractivity contribution in [1.82, 2.24) is 15.5 Å². The van der Waals surface area contributed by atoms with Crippen molar-refractivity contribution in [3.63, 3.8) is 0 Å². The summed E-state index contributed by atoms with van der Waals surface area (Å²) in [6.07, 6.45) is -0.108. The van der Waals surface area contributed by atoms with Crippen molar-refractivity contribution in [2.24, 2.45) is 5.73 Å². The van der Waals surface area contributed by atoms with Gasteiger partial charge in [0.1, 0.15) is 24.2 Å². The molecule has 11 nitrogen and oxygen atoms in total. The SMILES string of the molecule is COC(=O)CNC(=O)C(c1cccc(C)c1)N(C(=O)C(CC(N)=O)NC(=O)OC(C)(C)C)C1CC1. The summed E-state index contributed by atoms with van der Waals surface area (Å²) in [4.78, 5) is 64.1. The van der Waals surface area contributed by atoms with Crippen molar-refractivity contribution in [3.05, 3.63) is 35.4 Å². The van der Waals surface area contributed by atoms with Crippen molar-refractivity contribution < 1.29 is 33.4 Å². The maximum atomic E-state index is 13.7. The predicted octanol–water partition coefficient (Wildman–Crippen LogP) is 1.09. The minimum atomic E-state index is -1.34. The number of nitrogens with two attached hydrogens (primary N) is 1. The number of alkyl carbamates (subject to hydrolysis) is 1. The van der Waals surface area contributed by atoms with Gasteiger partial charge in [-0.3, -0.25) is 19.2 Å². The molecule has 0 bridgehead atoms. The third-order valence-corrected chi connectivity index (χ3v) is 5.11. The highest BCUT2D eigenvalue weighted by atomic mass is 16.6. The number of amides is 4. The minimum absolute atomic E-state index is 0.298. The van der Waals surface area contributed by atoms with Gasteiger partial charge in [-0.25, -0.2) is 4.79 Å². The van der Waals surface area contributed by atoms with Gasteiger partial charge >= 0.3 is 12.1 Å². The second-order valence-electron chi connectivity index (χ2n) is 9.46. The number of aryl methyl sites for hydroxylation is 1. The predicted molar refractivity (Wildman–Crippen MR) is 126 cm³/mol. The van der Waals surface area contributed by atoms with E-state index in [-0.39, 0.29) is 12.6 Å². The zero-order valence-corrected chi connectivity index (χ0v) is 20.8. The number of esters is 1. The van der Waals surface area contributed by atoms with Gasteiger partial charge in [0.05, 0.1) is 13.5 Å². The van der Waals surface area contributed by atoms with Gasteiger partial charge in [-0.1, -0.05) is 29.8 Å². The van der Waals surface area contributed by atoms with E-state index in [0.717, 1.165) is 5.56 Å². The number of carbonyl (C=O) groups excluding carboxylic acids is 5. The molecule has 0 radical (unpaired) electrons. The highest BCUT2D eigenvalue weighted by molar-refractivity contribution is 5.95. The number of benzene rings is 1. The van der Waals surface area contributed by atoms with Crippen LogP contribution in [0.15, 0.2) is 24.3 Å². The zero-order chi connectivity index (χ0) is 26.3. The van der Waals surface area contributed by atoms with Gasteiger partial charge in [-0.05, 0) is 46.1 Å². The third kappa shape index (κ3) is 8.58. The second kappa shape index (κ2) is 11.7. The van der Waals surface area contributed by atoms with E-state index >= 15 is 0 Å². The van der Waals surface area contributed by atoms with E-state index in [4.69, 9.17) is 10.5 Å². The Hall–Kier alpha value is -3.63. The van der Waals surface area contributed by atoms with Crippen LogP contribution in [0, 0.1) is 6.92 Å². The van der Waals surface area contributed by atoms with Crippen LogP contribution in [0.4, 0.5) is 4.79 Å². The van der Waals surface area contributed by atoms with Gasteiger partial charge < -0.3 is 30.7 Å². The standard InChI is InChI=1S/C24H34N4O7/c1-14-7-6-8-15(11-14)20(21(31)26-13-19(30)34-5)28(16-9-10-16)22(32)17(12-18(25)29)27-23(33)35-24(2,3)4/h6-8,11,16-17,20H,9-10,12-13H2,1-5H3,(H2,25,29)(H,26,31)(H,27,33). The van der Waals surface area contributed by atoms with E-state index in [1.54, 1.807) is 39.0 Å². The Morgan fingerprint density at radius 2 is 1.83 bits per heavy atom. The van der Waals surface area contributed by atoms with Crippen molar-refractivity contribution in [2.45, 2.75) is 70.7 Å². The molecule has 4 amide bonds. The molecule has 1 aliphatic rings. The number of primary amides is 1. The van der Waals surface area contributed by atoms with Crippen molar-refractivity contribution in [2.75, 3.05) is 13.7 Å². The monoisotopic (exact) mass is 490 g/mol. The molecule has 4 N–H and O–H groups in total. The molecule has 0 aliphatic heterocycles. The summed E-state index contributed by atoms with van der Waals surface area (Å²) in [7, 11) is 1.20. The molecule has 1 aliphatic carbocycles. The van der Waals surface area contributed by atoms with E-state index < -0.39 is 53.9 Å². The average molecular weight is 491 g/mol. The van der Waals surface area contributed by atoms with E-state index in [1.807, 2.05) is 13.0 Å². The molecule has 192 valence electrons. The van der Waals surface area contributed by atoms with Gasteiger partial charge in [0.2, 0.25) is 17.7 Å². The molecule has 0 heterocycles. The van der Waals surface area contributed by atoms with Gasteiger partial charge in [-0.2, -0.15) is 0 Å². The Morgan fingerprint density at radius 1 is 1.17 bits per heavy atom. The summed E-state index contributed by atoms with van der Waals surface area (Å²) in [6.45, 7) is 6.44. The number of carbonyl (C=O) groups is 5. The molecule has 0 aromatic heterocycles. The first-order valence-electron chi connectivity index (χ1n) is 11.3. The Balaban J connectivity index is 2.43. The largest absolute Gasteiger partial charge is 0.468 e.